The van der Waals surface area contributed by atoms with Crippen LogP contribution in [0.3, 0.4) is 0 Å². The summed E-state index contributed by atoms with van der Waals surface area (Å²) in [6, 6.07) is 0. The predicted octanol–water partition coefficient (Wildman–Crippen LogP) is 1.72. The monoisotopic (exact) mass is 241 g/mol. The number of carbonyl (C=O) groups excluding carboxylic acids is 1. The zero-order valence-electron chi connectivity index (χ0n) is 10.5. The highest BCUT2D eigenvalue weighted by Crippen LogP contribution is 2.51. The summed E-state index contributed by atoms with van der Waals surface area (Å²) < 4.78 is 5.21. The molecule has 0 radical (unpaired) electrons. The minimum absolute atomic E-state index is 0.249. The Morgan fingerprint density at radius 2 is 1.82 bits per heavy atom. The first-order valence-corrected chi connectivity index (χ1v) is 5.96. The third-order valence-electron chi connectivity index (χ3n) is 3.38. The molecule has 17 heavy (non-hydrogen) atoms. The number of ether oxygens (including phenoxy) is 1. The molecule has 2 fully saturated rings. The number of rotatable bonds is 2. The van der Waals surface area contributed by atoms with Gasteiger partial charge >= 0.3 is 12.1 Å². The highest BCUT2D eigenvalue weighted by molar-refractivity contribution is 5.81. The zero-order chi connectivity index (χ0) is 12.8. The van der Waals surface area contributed by atoms with Gasteiger partial charge in [0.05, 0.1) is 0 Å². The topological polar surface area (TPSA) is 66.8 Å². The van der Waals surface area contributed by atoms with Crippen molar-refractivity contribution in [3.05, 3.63) is 0 Å². The van der Waals surface area contributed by atoms with Gasteiger partial charge in [-0.2, -0.15) is 0 Å². The molecule has 1 saturated carbocycles. The van der Waals surface area contributed by atoms with Gasteiger partial charge in [-0.3, -0.25) is 4.79 Å². The van der Waals surface area contributed by atoms with Gasteiger partial charge in [0.2, 0.25) is 0 Å². The van der Waals surface area contributed by atoms with Crippen molar-refractivity contribution in [1.29, 1.82) is 0 Å². The van der Waals surface area contributed by atoms with Gasteiger partial charge in [0.1, 0.15) is 11.0 Å². The summed E-state index contributed by atoms with van der Waals surface area (Å²) in [6.07, 6.45) is 1.53. The van der Waals surface area contributed by atoms with E-state index in [9.17, 15) is 14.7 Å². The molecule has 0 atom stereocenters. The highest BCUT2D eigenvalue weighted by atomic mass is 16.6. The van der Waals surface area contributed by atoms with Crippen molar-refractivity contribution in [2.24, 2.45) is 11.3 Å². The van der Waals surface area contributed by atoms with E-state index in [2.05, 4.69) is 0 Å². The Balaban J connectivity index is 1.93. The molecule has 1 aliphatic carbocycles. The molecule has 96 valence electrons. The SMILES string of the molecule is CC(C)(C)OC(=O)N1CC(C(=O)O)(C2CC2)C1. The lowest BCUT2D eigenvalue weighted by Gasteiger charge is -2.47. The second-order valence-corrected chi connectivity index (χ2v) is 6.07. The van der Waals surface area contributed by atoms with Crippen LogP contribution in [0.25, 0.3) is 0 Å². The molecule has 1 amide bonds. The standard InChI is InChI=1S/C12H19NO4/c1-11(2,3)17-10(16)13-6-12(7-13,9(14)15)8-4-5-8/h8H,4-7H2,1-3H3,(H,14,15). The summed E-state index contributed by atoms with van der Waals surface area (Å²) in [5.41, 5.74) is -1.23. The van der Waals surface area contributed by atoms with Gasteiger partial charge < -0.3 is 14.7 Å². The Bertz CT molecular complexity index is 348. The molecule has 0 spiro atoms. The average Bonchev–Trinajstić information content (AvgIpc) is 2.80. The maximum Gasteiger partial charge on any atom is 0.410 e. The number of hydrogen-bond acceptors (Lipinski definition) is 3. The second-order valence-electron chi connectivity index (χ2n) is 6.07. The number of nitrogens with zero attached hydrogens (tertiary/aromatic N) is 1. The normalized spacial score (nSPS) is 22.9. The summed E-state index contributed by atoms with van der Waals surface area (Å²) in [4.78, 5) is 24.4. The molecule has 5 heteroatoms. The van der Waals surface area contributed by atoms with Crippen LogP contribution >= 0.6 is 0 Å². The summed E-state index contributed by atoms with van der Waals surface area (Å²) in [7, 11) is 0. The lowest BCUT2D eigenvalue weighted by Crippen LogP contribution is -2.63. The summed E-state index contributed by atoms with van der Waals surface area (Å²) >= 11 is 0. The lowest BCUT2D eigenvalue weighted by atomic mass is 9.75. The Morgan fingerprint density at radius 1 is 1.29 bits per heavy atom. The van der Waals surface area contributed by atoms with Gasteiger partial charge in [-0.15, -0.1) is 0 Å². The number of carboxylic acids is 1. The molecule has 1 heterocycles. The fourth-order valence-electron chi connectivity index (χ4n) is 2.29. The third-order valence-corrected chi connectivity index (χ3v) is 3.38. The van der Waals surface area contributed by atoms with Crippen molar-refractivity contribution in [2.75, 3.05) is 13.1 Å². The van der Waals surface area contributed by atoms with Crippen LogP contribution in [0.5, 0.6) is 0 Å². The second kappa shape index (κ2) is 3.62. The van der Waals surface area contributed by atoms with Crippen LogP contribution in [-0.2, 0) is 9.53 Å². The van der Waals surface area contributed by atoms with Crippen molar-refractivity contribution in [1.82, 2.24) is 4.90 Å². The van der Waals surface area contributed by atoms with E-state index in [-0.39, 0.29) is 5.92 Å². The summed E-state index contributed by atoms with van der Waals surface area (Å²) in [6.45, 7) is 5.99. The Kier molecular flexibility index (Phi) is 2.60. The van der Waals surface area contributed by atoms with Crippen molar-refractivity contribution in [2.45, 2.75) is 39.2 Å². The molecule has 0 bridgehead atoms. The molecule has 2 aliphatic rings. The molecule has 1 aliphatic heterocycles. The fraction of sp³-hybridized carbons (Fsp3) is 0.833. The van der Waals surface area contributed by atoms with E-state index in [1.165, 1.54) is 4.90 Å². The molecule has 0 aromatic carbocycles. The number of likely N-dealkylation sites (tertiary alicyclic amines) is 1. The first-order valence-electron chi connectivity index (χ1n) is 5.96. The van der Waals surface area contributed by atoms with E-state index in [0.29, 0.717) is 13.1 Å². The molecule has 0 unspecified atom stereocenters. The van der Waals surface area contributed by atoms with Gasteiger partial charge in [0.15, 0.2) is 0 Å². The smallest absolute Gasteiger partial charge is 0.410 e. The zero-order valence-corrected chi connectivity index (χ0v) is 10.5. The van der Waals surface area contributed by atoms with Crippen molar-refractivity contribution in [3.8, 4) is 0 Å². The van der Waals surface area contributed by atoms with Crippen LogP contribution in [0.2, 0.25) is 0 Å². The maximum absolute atomic E-state index is 11.7. The number of carboxylic acid groups (broad SMARTS) is 1. The predicted molar refractivity (Wildman–Crippen MR) is 60.6 cm³/mol. The third kappa shape index (κ3) is 2.23. The largest absolute Gasteiger partial charge is 0.481 e. The quantitative estimate of drug-likeness (QED) is 0.799. The summed E-state index contributed by atoms with van der Waals surface area (Å²) in [5.74, 6) is -0.529. The first kappa shape index (κ1) is 12.2. The maximum atomic E-state index is 11.7. The van der Waals surface area contributed by atoms with E-state index < -0.39 is 23.1 Å². The van der Waals surface area contributed by atoms with Crippen molar-refractivity contribution in [3.63, 3.8) is 0 Å². The van der Waals surface area contributed by atoms with Gasteiger partial charge in [-0.25, -0.2) is 4.79 Å². The minimum Gasteiger partial charge on any atom is -0.481 e. The average molecular weight is 241 g/mol. The van der Waals surface area contributed by atoms with Crippen molar-refractivity contribution < 1.29 is 19.4 Å². The molecular formula is C12H19NO4. The number of hydrogen-bond donors (Lipinski definition) is 1. The molecule has 0 aromatic rings. The number of carbonyl (C=O) groups is 2. The van der Waals surface area contributed by atoms with E-state index in [1.54, 1.807) is 20.8 Å². The molecular weight excluding hydrogens is 222 g/mol. The van der Waals surface area contributed by atoms with E-state index in [4.69, 9.17) is 4.74 Å². The van der Waals surface area contributed by atoms with Crippen LogP contribution in [-0.4, -0.2) is 40.8 Å². The van der Waals surface area contributed by atoms with Gasteiger partial charge in [0, 0.05) is 13.1 Å². The first-order chi connectivity index (χ1) is 7.74. The molecule has 2 rings (SSSR count). The van der Waals surface area contributed by atoms with Gasteiger partial charge in [-0.05, 0) is 39.5 Å². The number of aliphatic carboxylic acids is 1. The van der Waals surface area contributed by atoms with E-state index >= 15 is 0 Å². The lowest BCUT2D eigenvalue weighted by molar-refractivity contribution is -0.161. The summed E-state index contributed by atoms with van der Waals surface area (Å²) in [5, 5.41) is 9.25. The van der Waals surface area contributed by atoms with Gasteiger partial charge in [-0.1, -0.05) is 0 Å². The van der Waals surface area contributed by atoms with Crippen molar-refractivity contribution >= 4 is 12.1 Å². The van der Waals surface area contributed by atoms with Gasteiger partial charge in [0.25, 0.3) is 0 Å². The van der Waals surface area contributed by atoms with Crippen LogP contribution in [0.1, 0.15) is 33.6 Å². The van der Waals surface area contributed by atoms with Crippen LogP contribution in [0.4, 0.5) is 4.79 Å². The Morgan fingerprint density at radius 3 is 2.18 bits per heavy atom. The molecule has 1 N–H and O–H groups in total. The Labute approximate surface area is 101 Å². The molecule has 1 saturated heterocycles. The minimum atomic E-state index is -0.778. The fourth-order valence-corrected chi connectivity index (χ4v) is 2.29. The van der Waals surface area contributed by atoms with E-state index in [0.717, 1.165) is 12.8 Å². The van der Waals surface area contributed by atoms with Crippen LogP contribution in [0.15, 0.2) is 0 Å². The highest BCUT2D eigenvalue weighted by Gasteiger charge is 2.60. The molecule has 0 aromatic heterocycles. The van der Waals surface area contributed by atoms with Crippen LogP contribution in [0, 0.1) is 11.3 Å². The van der Waals surface area contributed by atoms with E-state index in [1.807, 2.05) is 0 Å². The van der Waals surface area contributed by atoms with Crippen LogP contribution < -0.4 is 0 Å². The molecule has 5 nitrogen and oxygen atoms in total. The number of amides is 1. The Hall–Kier alpha value is -1.26.